The van der Waals surface area contributed by atoms with Gasteiger partial charge in [0.1, 0.15) is 6.61 Å². The maximum Gasteiger partial charge on any atom is 0.287 e. The molecule has 2 rings (SSSR count). The highest BCUT2D eigenvalue weighted by Crippen LogP contribution is 2.54. The molecule has 5 nitrogen and oxygen atoms in total. The van der Waals surface area contributed by atoms with Crippen molar-refractivity contribution >= 4 is 12.2 Å². The summed E-state index contributed by atoms with van der Waals surface area (Å²) in [6.45, 7) is 2.13. The molecule has 0 radical (unpaired) electrons. The summed E-state index contributed by atoms with van der Waals surface area (Å²) < 4.78 is 34.2. The van der Waals surface area contributed by atoms with Crippen LogP contribution in [0.3, 0.4) is 0 Å². The van der Waals surface area contributed by atoms with Gasteiger partial charge in [0.25, 0.3) is 5.56 Å². The van der Waals surface area contributed by atoms with E-state index in [0.717, 1.165) is 10.8 Å². The zero-order valence-corrected chi connectivity index (χ0v) is 12.2. The molecular weight excluding hydrogens is 302 g/mol. The van der Waals surface area contributed by atoms with E-state index in [1.807, 2.05) is 0 Å². The van der Waals surface area contributed by atoms with Crippen LogP contribution in [0.2, 0.25) is 0 Å². The topological polar surface area (TPSA) is 67.2 Å². The molecule has 0 spiro atoms. The number of aliphatic hydroxyl groups is 1. The number of aromatic nitrogens is 2. The number of alkyl halides is 1. The standard InChI is InChI=1S/C13H14F2N2O3S/c1-4-12(3)7(2)13(15,6-18)20-10(12)17-5-8(14)9(19)16-11(17)21/h1,5,7,10,18H,6H2,2-3H3,(H,16,19,21)/t7-,10-,12?,13-/m1/s1. The molecule has 0 amide bonds. The average Bonchev–Trinajstić information content (AvgIpc) is 2.66. The smallest absolute Gasteiger partial charge is 0.287 e. The predicted molar refractivity (Wildman–Crippen MR) is 73.0 cm³/mol. The number of terminal acetylenes is 1. The van der Waals surface area contributed by atoms with Crippen molar-refractivity contribution in [2.45, 2.75) is 25.9 Å². The number of H-pyrrole nitrogens is 1. The molecule has 0 bridgehead atoms. The molecule has 1 unspecified atom stereocenters. The summed E-state index contributed by atoms with van der Waals surface area (Å²) in [7, 11) is 0. The Hall–Kier alpha value is -1.56. The van der Waals surface area contributed by atoms with Gasteiger partial charge in [0.15, 0.2) is 11.0 Å². The van der Waals surface area contributed by atoms with E-state index in [1.165, 1.54) is 6.92 Å². The molecule has 21 heavy (non-hydrogen) atoms. The lowest BCUT2D eigenvalue weighted by molar-refractivity contribution is -0.192. The minimum Gasteiger partial charge on any atom is -0.390 e. The highest BCUT2D eigenvalue weighted by Gasteiger charge is 2.60. The van der Waals surface area contributed by atoms with Gasteiger partial charge in [-0.1, -0.05) is 12.8 Å². The van der Waals surface area contributed by atoms with Gasteiger partial charge >= 0.3 is 0 Å². The SMILES string of the molecule is C#CC1(C)[C@@H](C)[C@@](F)(CO)O[C@H]1n1cc(F)c(=O)[nH]c1=S. The van der Waals surface area contributed by atoms with E-state index in [4.69, 9.17) is 23.4 Å². The van der Waals surface area contributed by atoms with Crippen LogP contribution in [0.15, 0.2) is 11.0 Å². The van der Waals surface area contributed by atoms with Gasteiger partial charge in [-0.05, 0) is 19.1 Å². The zero-order chi connectivity index (χ0) is 16.0. The Labute approximate surface area is 124 Å². The number of ether oxygens (including phenoxy) is 1. The molecule has 4 atom stereocenters. The summed E-state index contributed by atoms with van der Waals surface area (Å²) in [5, 5.41) is 9.22. The second-order valence-corrected chi connectivity index (χ2v) is 5.59. The maximum atomic E-state index is 14.6. The Balaban J connectivity index is 2.64. The third-order valence-electron chi connectivity index (χ3n) is 4.07. The van der Waals surface area contributed by atoms with Crippen LogP contribution >= 0.6 is 12.2 Å². The van der Waals surface area contributed by atoms with Crippen LogP contribution in [0.4, 0.5) is 8.78 Å². The first-order valence-corrected chi connectivity index (χ1v) is 6.56. The molecule has 2 N–H and O–H groups in total. The largest absolute Gasteiger partial charge is 0.390 e. The number of rotatable bonds is 2. The summed E-state index contributed by atoms with van der Waals surface area (Å²) >= 11 is 4.94. The highest BCUT2D eigenvalue weighted by atomic mass is 32.1. The number of nitrogens with zero attached hydrogens (tertiary/aromatic N) is 1. The van der Waals surface area contributed by atoms with E-state index >= 15 is 0 Å². The molecule has 0 aromatic carbocycles. The molecule has 8 heteroatoms. The van der Waals surface area contributed by atoms with Crippen molar-refractivity contribution in [3.63, 3.8) is 0 Å². The highest BCUT2D eigenvalue weighted by molar-refractivity contribution is 7.71. The molecule has 1 fully saturated rings. The molecule has 114 valence electrons. The fraction of sp³-hybridized carbons (Fsp3) is 0.538. The lowest BCUT2D eigenvalue weighted by Crippen LogP contribution is -2.37. The molecule has 0 saturated carbocycles. The van der Waals surface area contributed by atoms with Gasteiger partial charge in [0.2, 0.25) is 11.7 Å². The van der Waals surface area contributed by atoms with Crippen molar-refractivity contribution in [1.29, 1.82) is 0 Å². The first kappa shape index (κ1) is 15.8. The van der Waals surface area contributed by atoms with Gasteiger partial charge in [-0.15, -0.1) is 6.42 Å². The van der Waals surface area contributed by atoms with Gasteiger partial charge in [-0.25, -0.2) is 4.39 Å². The van der Waals surface area contributed by atoms with Crippen molar-refractivity contribution in [3.8, 4) is 12.3 Å². The van der Waals surface area contributed by atoms with Gasteiger partial charge in [-0.2, -0.15) is 4.39 Å². The van der Waals surface area contributed by atoms with Gasteiger partial charge in [0, 0.05) is 5.92 Å². The Morgan fingerprint density at radius 2 is 2.33 bits per heavy atom. The maximum absolute atomic E-state index is 14.6. The molecule has 1 aliphatic heterocycles. The quantitative estimate of drug-likeness (QED) is 0.641. The molecule has 2 heterocycles. The molecule has 1 aromatic rings. The average molecular weight is 316 g/mol. The molecule has 0 aliphatic carbocycles. The Morgan fingerprint density at radius 1 is 1.71 bits per heavy atom. The molecular formula is C13H14F2N2O3S. The van der Waals surface area contributed by atoms with Crippen LogP contribution in [0, 0.1) is 34.3 Å². The second kappa shape index (κ2) is 5.02. The third-order valence-corrected chi connectivity index (χ3v) is 4.38. The zero-order valence-electron chi connectivity index (χ0n) is 11.4. The van der Waals surface area contributed by atoms with Crippen LogP contribution < -0.4 is 5.56 Å². The number of halogens is 2. The Morgan fingerprint density at radius 3 is 2.86 bits per heavy atom. The second-order valence-electron chi connectivity index (χ2n) is 5.21. The molecule has 1 saturated heterocycles. The van der Waals surface area contributed by atoms with Gasteiger partial charge in [-0.3, -0.25) is 14.3 Å². The fourth-order valence-electron chi connectivity index (χ4n) is 2.42. The van der Waals surface area contributed by atoms with Crippen molar-refractivity contribution in [2.24, 2.45) is 11.3 Å². The summed E-state index contributed by atoms with van der Waals surface area (Å²) in [4.78, 5) is 13.3. The minimum atomic E-state index is -2.38. The molecule has 1 aromatic heterocycles. The summed E-state index contributed by atoms with van der Waals surface area (Å²) in [5.41, 5.74) is -2.18. The fourth-order valence-corrected chi connectivity index (χ4v) is 2.66. The van der Waals surface area contributed by atoms with Crippen LogP contribution in [0.1, 0.15) is 20.1 Å². The first-order valence-electron chi connectivity index (χ1n) is 6.16. The Bertz CT molecular complexity index is 725. The van der Waals surface area contributed by atoms with E-state index in [2.05, 4.69) is 10.9 Å². The number of aliphatic hydroxyl groups excluding tert-OH is 1. The van der Waals surface area contributed by atoms with Crippen molar-refractivity contribution < 1.29 is 18.6 Å². The first-order chi connectivity index (χ1) is 9.69. The summed E-state index contributed by atoms with van der Waals surface area (Å²) in [5.74, 6) is -1.92. The normalized spacial score (nSPS) is 35.6. The monoisotopic (exact) mass is 316 g/mol. The van der Waals surface area contributed by atoms with Gasteiger partial charge in [0.05, 0.1) is 11.6 Å². The van der Waals surface area contributed by atoms with E-state index < -0.39 is 41.4 Å². The number of hydrogen-bond acceptors (Lipinski definition) is 4. The lowest BCUT2D eigenvalue weighted by atomic mass is 9.76. The summed E-state index contributed by atoms with van der Waals surface area (Å²) in [6.07, 6.45) is 5.15. The van der Waals surface area contributed by atoms with Gasteiger partial charge < -0.3 is 9.84 Å². The lowest BCUT2D eigenvalue weighted by Gasteiger charge is -2.29. The van der Waals surface area contributed by atoms with Crippen LogP contribution in [-0.2, 0) is 4.74 Å². The third kappa shape index (κ3) is 2.21. The van der Waals surface area contributed by atoms with Crippen molar-refractivity contribution in [1.82, 2.24) is 9.55 Å². The minimum absolute atomic E-state index is 0.151. The number of aromatic amines is 1. The van der Waals surface area contributed by atoms with Crippen LogP contribution in [-0.4, -0.2) is 27.1 Å². The van der Waals surface area contributed by atoms with E-state index in [9.17, 15) is 18.7 Å². The van der Waals surface area contributed by atoms with Crippen molar-refractivity contribution in [2.75, 3.05) is 6.61 Å². The predicted octanol–water partition coefficient (Wildman–Crippen LogP) is 1.51. The summed E-state index contributed by atoms with van der Waals surface area (Å²) in [6, 6.07) is 0. The van der Waals surface area contributed by atoms with E-state index in [-0.39, 0.29) is 4.77 Å². The van der Waals surface area contributed by atoms with E-state index in [0.29, 0.717) is 0 Å². The van der Waals surface area contributed by atoms with Crippen LogP contribution in [0.25, 0.3) is 0 Å². The number of nitrogens with one attached hydrogen (secondary N) is 1. The molecule has 1 aliphatic rings. The van der Waals surface area contributed by atoms with Crippen molar-refractivity contribution in [3.05, 3.63) is 27.1 Å². The Kier molecular flexibility index (Phi) is 3.78. The van der Waals surface area contributed by atoms with E-state index in [1.54, 1.807) is 6.92 Å². The number of hydrogen-bond donors (Lipinski definition) is 2. The van der Waals surface area contributed by atoms with Crippen LogP contribution in [0.5, 0.6) is 0 Å².